The molecule has 1 aromatic rings. The van der Waals surface area contributed by atoms with Crippen LogP contribution in [0.3, 0.4) is 0 Å². The van der Waals surface area contributed by atoms with Crippen molar-refractivity contribution in [1.29, 1.82) is 0 Å². The minimum absolute atomic E-state index is 0.0367. The number of pyridine rings is 1. The first-order chi connectivity index (χ1) is 14.3. The summed E-state index contributed by atoms with van der Waals surface area (Å²) < 4.78 is 5.88. The second-order valence-electron chi connectivity index (χ2n) is 10.7. The summed E-state index contributed by atoms with van der Waals surface area (Å²) in [4.78, 5) is 29.2. The largest absolute Gasteiger partial charge is 0.459 e. The Morgan fingerprint density at radius 1 is 1.13 bits per heavy atom. The Labute approximate surface area is 184 Å². The van der Waals surface area contributed by atoms with E-state index in [1.807, 2.05) is 0 Å². The summed E-state index contributed by atoms with van der Waals surface area (Å²) in [6, 6.07) is 3.39. The molecule has 0 radical (unpaired) electrons. The van der Waals surface area contributed by atoms with Crippen molar-refractivity contribution in [3.8, 4) is 0 Å². The number of esters is 1. The number of Topliss-reactive ketones (excluding diaryl/α,β-unsaturated/α-hetero) is 1. The number of hydrogen-bond donors (Lipinski definition) is 0. The molecule has 1 aromatic heterocycles. The summed E-state index contributed by atoms with van der Waals surface area (Å²) in [6.07, 6.45) is 11.1. The quantitative estimate of drug-likeness (QED) is 0.435. The minimum atomic E-state index is -0.353. The predicted octanol–water partition coefficient (Wildman–Crippen LogP) is 5.87. The summed E-state index contributed by atoms with van der Waals surface area (Å²) in [7, 11) is 0. The van der Waals surface area contributed by atoms with Crippen molar-refractivity contribution >= 4 is 23.4 Å². The summed E-state index contributed by atoms with van der Waals surface area (Å²) in [5.41, 5.74) is 0.610. The minimum Gasteiger partial charge on any atom is -0.459 e. The van der Waals surface area contributed by atoms with Gasteiger partial charge < -0.3 is 4.74 Å². The van der Waals surface area contributed by atoms with Gasteiger partial charge in [0, 0.05) is 18.0 Å². The Bertz CT molecular complexity index is 872. The molecule has 5 rings (SSSR count). The third-order valence-corrected chi connectivity index (χ3v) is 9.88. The van der Waals surface area contributed by atoms with Gasteiger partial charge in [-0.2, -0.15) is 0 Å². The molecule has 1 heterocycles. The molecule has 0 unspecified atom stereocenters. The predicted molar refractivity (Wildman–Crippen MR) is 115 cm³/mol. The standard InChI is InChI=1S/C25H32ClNO3/c1-24-11-9-16(30-23(29)18-4-3-13-27-22(18)26)14-15(24)5-6-17-19-7-8-21(28)25(19,2)12-10-20(17)24/h3-4,13,15-17,19-20H,5-12,14H2,1-2H3/t15-,16-,17-,19-,20-,24-,25-/m0/s1. The van der Waals surface area contributed by atoms with Crippen LogP contribution in [0.1, 0.15) is 82.0 Å². The Balaban J connectivity index is 1.29. The third kappa shape index (κ3) is 3.04. The molecule has 0 aliphatic heterocycles. The Morgan fingerprint density at radius 2 is 1.97 bits per heavy atom. The zero-order chi connectivity index (χ0) is 21.1. The molecule has 0 bridgehead atoms. The number of carbonyl (C=O) groups excluding carboxylic acids is 2. The molecule has 30 heavy (non-hydrogen) atoms. The number of aromatic nitrogens is 1. The molecule has 4 aliphatic rings. The van der Waals surface area contributed by atoms with Crippen LogP contribution in [-0.4, -0.2) is 22.8 Å². The van der Waals surface area contributed by atoms with Crippen LogP contribution < -0.4 is 0 Å². The molecular weight excluding hydrogens is 398 g/mol. The number of fused-ring (bicyclic) bond motifs is 5. The van der Waals surface area contributed by atoms with Crippen LogP contribution in [0, 0.1) is 34.5 Å². The zero-order valence-electron chi connectivity index (χ0n) is 18.0. The maximum atomic E-state index is 12.6. The number of halogens is 1. The molecule has 0 amide bonds. The van der Waals surface area contributed by atoms with E-state index in [-0.39, 0.29) is 22.6 Å². The van der Waals surface area contributed by atoms with Crippen molar-refractivity contribution in [2.24, 2.45) is 34.5 Å². The van der Waals surface area contributed by atoms with Crippen molar-refractivity contribution in [3.05, 3.63) is 29.0 Å². The van der Waals surface area contributed by atoms with Gasteiger partial charge >= 0.3 is 5.97 Å². The molecule has 4 nitrogen and oxygen atoms in total. The van der Waals surface area contributed by atoms with E-state index in [9.17, 15) is 9.59 Å². The summed E-state index contributed by atoms with van der Waals surface area (Å²) in [5.74, 6) is 2.76. The number of ketones is 1. The van der Waals surface area contributed by atoms with E-state index in [0.29, 0.717) is 40.4 Å². The Morgan fingerprint density at radius 3 is 2.77 bits per heavy atom. The van der Waals surface area contributed by atoms with E-state index in [0.717, 1.165) is 38.5 Å². The van der Waals surface area contributed by atoms with Gasteiger partial charge in [0.1, 0.15) is 17.0 Å². The number of ether oxygens (including phenoxy) is 1. The van der Waals surface area contributed by atoms with E-state index in [1.165, 1.54) is 19.3 Å². The van der Waals surface area contributed by atoms with E-state index in [4.69, 9.17) is 16.3 Å². The second kappa shape index (κ2) is 7.32. The Hall–Kier alpha value is -1.42. The highest BCUT2D eigenvalue weighted by atomic mass is 35.5. The third-order valence-electron chi connectivity index (χ3n) is 9.58. The highest BCUT2D eigenvalue weighted by Gasteiger charge is 2.60. The number of carbonyl (C=O) groups is 2. The molecule has 4 saturated carbocycles. The lowest BCUT2D eigenvalue weighted by molar-refractivity contribution is -0.142. The van der Waals surface area contributed by atoms with Gasteiger partial charge in [0.25, 0.3) is 0 Å². The maximum absolute atomic E-state index is 12.6. The Kier molecular flexibility index (Phi) is 5.00. The van der Waals surface area contributed by atoms with Gasteiger partial charge in [0.2, 0.25) is 0 Å². The molecule has 162 valence electrons. The normalized spacial score (nSPS) is 42.8. The van der Waals surface area contributed by atoms with Gasteiger partial charge in [-0.05, 0) is 92.6 Å². The molecule has 0 saturated heterocycles. The van der Waals surface area contributed by atoms with Crippen LogP contribution in [0.2, 0.25) is 5.15 Å². The van der Waals surface area contributed by atoms with Crippen LogP contribution in [0.5, 0.6) is 0 Å². The van der Waals surface area contributed by atoms with Crippen LogP contribution in [0.25, 0.3) is 0 Å². The molecular formula is C25H32ClNO3. The lowest BCUT2D eigenvalue weighted by Crippen LogP contribution is -2.54. The second-order valence-corrected chi connectivity index (χ2v) is 11.1. The average molecular weight is 430 g/mol. The van der Waals surface area contributed by atoms with Gasteiger partial charge in [-0.25, -0.2) is 9.78 Å². The van der Waals surface area contributed by atoms with E-state index in [1.54, 1.807) is 18.3 Å². The molecule has 7 atom stereocenters. The average Bonchev–Trinajstić information content (AvgIpc) is 3.03. The number of nitrogens with zero attached hydrogens (tertiary/aromatic N) is 1. The smallest absolute Gasteiger partial charge is 0.341 e. The fraction of sp³-hybridized carbons (Fsp3) is 0.720. The number of rotatable bonds is 2. The van der Waals surface area contributed by atoms with Crippen molar-refractivity contribution in [2.45, 2.75) is 77.7 Å². The SMILES string of the molecule is C[C@]12CC[C@H](OC(=O)c3cccnc3Cl)C[C@@H]1CC[C@@H]1[C@@H]2CC[C@]2(C)C(=O)CC[C@@H]12. The van der Waals surface area contributed by atoms with Crippen LogP contribution >= 0.6 is 11.6 Å². The summed E-state index contributed by atoms with van der Waals surface area (Å²) in [6.45, 7) is 4.74. The summed E-state index contributed by atoms with van der Waals surface area (Å²) in [5, 5.41) is 0.208. The molecule has 4 fully saturated rings. The van der Waals surface area contributed by atoms with Crippen LogP contribution in [0.4, 0.5) is 0 Å². The van der Waals surface area contributed by atoms with E-state index < -0.39 is 0 Å². The summed E-state index contributed by atoms with van der Waals surface area (Å²) >= 11 is 6.08. The van der Waals surface area contributed by atoms with E-state index >= 15 is 0 Å². The topological polar surface area (TPSA) is 56.3 Å². The van der Waals surface area contributed by atoms with Crippen molar-refractivity contribution in [3.63, 3.8) is 0 Å². The highest BCUT2D eigenvalue weighted by Crippen LogP contribution is 2.65. The molecule has 0 aromatic carbocycles. The first-order valence-corrected chi connectivity index (χ1v) is 12.1. The van der Waals surface area contributed by atoms with Crippen LogP contribution in [-0.2, 0) is 9.53 Å². The maximum Gasteiger partial charge on any atom is 0.341 e. The van der Waals surface area contributed by atoms with Gasteiger partial charge in [-0.1, -0.05) is 25.4 Å². The number of hydrogen-bond acceptors (Lipinski definition) is 4. The van der Waals surface area contributed by atoms with Gasteiger partial charge in [-0.3, -0.25) is 4.79 Å². The molecule has 0 N–H and O–H groups in total. The fourth-order valence-electron chi connectivity index (χ4n) is 7.85. The van der Waals surface area contributed by atoms with Gasteiger partial charge in [0.05, 0.1) is 5.56 Å². The molecule has 5 heteroatoms. The first-order valence-electron chi connectivity index (χ1n) is 11.7. The first kappa shape index (κ1) is 20.5. The van der Waals surface area contributed by atoms with Gasteiger partial charge in [-0.15, -0.1) is 0 Å². The van der Waals surface area contributed by atoms with E-state index in [2.05, 4.69) is 18.8 Å². The lowest BCUT2D eigenvalue weighted by atomic mass is 9.45. The van der Waals surface area contributed by atoms with Gasteiger partial charge in [0.15, 0.2) is 0 Å². The monoisotopic (exact) mass is 429 g/mol. The van der Waals surface area contributed by atoms with Crippen LogP contribution in [0.15, 0.2) is 18.3 Å². The highest BCUT2D eigenvalue weighted by molar-refractivity contribution is 6.32. The molecule has 4 aliphatic carbocycles. The lowest BCUT2D eigenvalue weighted by Gasteiger charge is -2.60. The van der Waals surface area contributed by atoms with Crippen molar-refractivity contribution < 1.29 is 14.3 Å². The van der Waals surface area contributed by atoms with Crippen molar-refractivity contribution in [1.82, 2.24) is 4.98 Å². The zero-order valence-corrected chi connectivity index (χ0v) is 18.8. The molecule has 0 spiro atoms. The fourth-order valence-corrected chi connectivity index (χ4v) is 8.05. The van der Waals surface area contributed by atoms with Crippen molar-refractivity contribution in [2.75, 3.05) is 0 Å².